The highest BCUT2D eigenvalue weighted by molar-refractivity contribution is 5.92. The second-order valence-electron chi connectivity index (χ2n) is 6.36. The lowest BCUT2D eigenvalue weighted by Gasteiger charge is -2.25. The molecule has 0 bridgehead atoms. The standard InChI is InChI=1S/C17H24N2O/c1-12-2-4-14(5-3-12)17(20)19-16-7-6-13-8-9-18-11-15(13)10-16/h6-7,10,12,14,18H,2-5,8-9,11H2,1H3,(H,19,20). The molecule has 3 nitrogen and oxygen atoms in total. The molecule has 0 atom stereocenters. The van der Waals surface area contributed by atoms with Crippen LogP contribution in [0, 0.1) is 11.8 Å². The van der Waals surface area contributed by atoms with Gasteiger partial charge in [-0.1, -0.05) is 13.0 Å². The van der Waals surface area contributed by atoms with Crippen LogP contribution in [0.3, 0.4) is 0 Å². The molecule has 20 heavy (non-hydrogen) atoms. The zero-order valence-corrected chi connectivity index (χ0v) is 12.2. The van der Waals surface area contributed by atoms with Gasteiger partial charge in [0.1, 0.15) is 0 Å². The van der Waals surface area contributed by atoms with Crippen LogP contribution in [0.25, 0.3) is 0 Å². The van der Waals surface area contributed by atoms with Gasteiger partial charge in [-0.15, -0.1) is 0 Å². The zero-order chi connectivity index (χ0) is 13.9. The van der Waals surface area contributed by atoms with E-state index in [2.05, 4.69) is 29.7 Å². The molecule has 1 aliphatic heterocycles. The number of nitrogens with one attached hydrogen (secondary N) is 2. The van der Waals surface area contributed by atoms with Gasteiger partial charge < -0.3 is 10.6 Å². The van der Waals surface area contributed by atoms with E-state index in [1.165, 1.54) is 24.0 Å². The van der Waals surface area contributed by atoms with E-state index in [0.29, 0.717) is 0 Å². The van der Waals surface area contributed by atoms with Gasteiger partial charge in [0, 0.05) is 18.2 Å². The molecule has 1 heterocycles. The van der Waals surface area contributed by atoms with Crippen LogP contribution >= 0.6 is 0 Å². The maximum atomic E-state index is 12.3. The molecule has 1 aromatic carbocycles. The number of amides is 1. The molecule has 1 amide bonds. The Morgan fingerprint density at radius 2 is 2.00 bits per heavy atom. The summed E-state index contributed by atoms with van der Waals surface area (Å²) < 4.78 is 0. The number of hydrogen-bond acceptors (Lipinski definition) is 2. The Bertz CT molecular complexity index is 490. The third kappa shape index (κ3) is 3.04. The van der Waals surface area contributed by atoms with Crippen LogP contribution in [-0.4, -0.2) is 12.5 Å². The third-order valence-electron chi connectivity index (χ3n) is 4.75. The van der Waals surface area contributed by atoms with Crippen molar-refractivity contribution < 1.29 is 4.79 Å². The van der Waals surface area contributed by atoms with Gasteiger partial charge in [-0.05, 0) is 67.8 Å². The number of fused-ring (bicyclic) bond motifs is 1. The molecular weight excluding hydrogens is 248 g/mol. The second-order valence-corrected chi connectivity index (χ2v) is 6.36. The van der Waals surface area contributed by atoms with E-state index in [4.69, 9.17) is 0 Å². The summed E-state index contributed by atoms with van der Waals surface area (Å²) in [6.07, 6.45) is 5.54. The Morgan fingerprint density at radius 3 is 2.80 bits per heavy atom. The molecule has 0 spiro atoms. The van der Waals surface area contributed by atoms with E-state index >= 15 is 0 Å². The third-order valence-corrected chi connectivity index (χ3v) is 4.75. The lowest BCUT2D eigenvalue weighted by molar-refractivity contribution is -0.121. The number of carbonyl (C=O) groups excluding carboxylic acids is 1. The van der Waals surface area contributed by atoms with Gasteiger partial charge in [0.15, 0.2) is 0 Å². The van der Waals surface area contributed by atoms with E-state index in [-0.39, 0.29) is 11.8 Å². The first-order chi connectivity index (χ1) is 9.72. The van der Waals surface area contributed by atoms with Crippen LogP contribution in [0.1, 0.15) is 43.7 Å². The fraction of sp³-hybridized carbons (Fsp3) is 0.588. The second kappa shape index (κ2) is 5.96. The van der Waals surface area contributed by atoms with Crippen molar-refractivity contribution in [2.24, 2.45) is 11.8 Å². The normalized spacial score (nSPS) is 25.9. The summed E-state index contributed by atoms with van der Waals surface area (Å²) >= 11 is 0. The predicted molar refractivity (Wildman–Crippen MR) is 81.6 cm³/mol. The highest BCUT2D eigenvalue weighted by atomic mass is 16.1. The summed E-state index contributed by atoms with van der Waals surface area (Å²) in [5.41, 5.74) is 3.69. The monoisotopic (exact) mass is 272 g/mol. The summed E-state index contributed by atoms with van der Waals surface area (Å²) in [6.45, 7) is 4.25. The van der Waals surface area contributed by atoms with Gasteiger partial charge in [0.2, 0.25) is 5.91 Å². The first kappa shape index (κ1) is 13.6. The topological polar surface area (TPSA) is 41.1 Å². The van der Waals surface area contributed by atoms with Crippen molar-refractivity contribution in [3.8, 4) is 0 Å². The molecule has 1 saturated carbocycles. The van der Waals surface area contributed by atoms with Crippen LogP contribution in [0.15, 0.2) is 18.2 Å². The van der Waals surface area contributed by atoms with Crippen LogP contribution in [0.4, 0.5) is 5.69 Å². The van der Waals surface area contributed by atoms with Crippen molar-refractivity contribution in [1.29, 1.82) is 0 Å². The minimum Gasteiger partial charge on any atom is -0.326 e. The van der Waals surface area contributed by atoms with Crippen molar-refractivity contribution in [3.63, 3.8) is 0 Å². The number of rotatable bonds is 2. The largest absolute Gasteiger partial charge is 0.326 e. The minimum atomic E-state index is 0.209. The quantitative estimate of drug-likeness (QED) is 0.868. The van der Waals surface area contributed by atoms with Crippen LogP contribution < -0.4 is 10.6 Å². The van der Waals surface area contributed by atoms with Gasteiger partial charge >= 0.3 is 0 Å². The van der Waals surface area contributed by atoms with Crippen molar-refractivity contribution in [2.75, 3.05) is 11.9 Å². The Kier molecular flexibility index (Phi) is 4.06. The van der Waals surface area contributed by atoms with Gasteiger partial charge in [-0.2, -0.15) is 0 Å². The van der Waals surface area contributed by atoms with Crippen molar-refractivity contribution in [3.05, 3.63) is 29.3 Å². The Balaban J connectivity index is 1.64. The van der Waals surface area contributed by atoms with Crippen molar-refractivity contribution >= 4 is 11.6 Å². The molecule has 3 heteroatoms. The van der Waals surface area contributed by atoms with E-state index in [9.17, 15) is 4.79 Å². The Morgan fingerprint density at radius 1 is 1.20 bits per heavy atom. The van der Waals surface area contributed by atoms with E-state index in [1.807, 2.05) is 6.07 Å². The summed E-state index contributed by atoms with van der Waals surface area (Å²) in [6, 6.07) is 6.34. The van der Waals surface area contributed by atoms with E-state index in [1.54, 1.807) is 0 Å². The summed E-state index contributed by atoms with van der Waals surface area (Å²) in [5, 5.41) is 6.49. The number of carbonyl (C=O) groups is 1. The molecule has 2 N–H and O–H groups in total. The molecule has 0 unspecified atom stereocenters. The van der Waals surface area contributed by atoms with Gasteiger partial charge in [-0.25, -0.2) is 0 Å². The smallest absolute Gasteiger partial charge is 0.227 e. The molecule has 0 radical (unpaired) electrons. The van der Waals surface area contributed by atoms with Crippen LogP contribution in [0.2, 0.25) is 0 Å². The Hall–Kier alpha value is -1.35. The maximum absolute atomic E-state index is 12.3. The average molecular weight is 272 g/mol. The molecule has 0 saturated heterocycles. The summed E-state index contributed by atoms with van der Waals surface area (Å²) in [7, 11) is 0. The Labute approximate surface area is 121 Å². The van der Waals surface area contributed by atoms with Crippen LogP contribution in [0.5, 0.6) is 0 Å². The molecule has 2 aliphatic rings. The number of anilines is 1. The SMILES string of the molecule is CC1CCC(C(=O)Nc2ccc3c(c2)CNCC3)CC1. The zero-order valence-electron chi connectivity index (χ0n) is 12.2. The van der Waals surface area contributed by atoms with Crippen LogP contribution in [-0.2, 0) is 17.8 Å². The number of hydrogen-bond donors (Lipinski definition) is 2. The highest BCUT2D eigenvalue weighted by Gasteiger charge is 2.24. The summed E-state index contributed by atoms with van der Waals surface area (Å²) in [5.74, 6) is 1.20. The lowest BCUT2D eigenvalue weighted by Crippen LogP contribution is -2.27. The number of benzene rings is 1. The molecule has 3 rings (SSSR count). The van der Waals surface area contributed by atoms with Gasteiger partial charge in [0.25, 0.3) is 0 Å². The minimum absolute atomic E-state index is 0.209. The van der Waals surface area contributed by atoms with E-state index < -0.39 is 0 Å². The predicted octanol–water partition coefficient (Wildman–Crippen LogP) is 3.10. The maximum Gasteiger partial charge on any atom is 0.227 e. The molecule has 108 valence electrons. The van der Waals surface area contributed by atoms with Gasteiger partial charge in [0.05, 0.1) is 0 Å². The van der Waals surface area contributed by atoms with Gasteiger partial charge in [-0.3, -0.25) is 4.79 Å². The van der Waals surface area contributed by atoms with E-state index in [0.717, 1.165) is 44.0 Å². The molecule has 1 aromatic rings. The van der Waals surface area contributed by atoms with Crippen molar-refractivity contribution in [2.45, 2.75) is 45.6 Å². The van der Waals surface area contributed by atoms with Crippen molar-refractivity contribution in [1.82, 2.24) is 5.32 Å². The molecule has 1 fully saturated rings. The first-order valence-electron chi connectivity index (χ1n) is 7.86. The summed E-state index contributed by atoms with van der Waals surface area (Å²) in [4.78, 5) is 12.3. The first-order valence-corrected chi connectivity index (χ1v) is 7.86. The fourth-order valence-electron chi connectivity index (χ4n) is 3.32. The molecule has 0 aromatic heterocycles. The molecule has 1 aliphatic carbocycles. The lowest BCUT2D eigenvalue weighted by atomic mass is 9.82. The average Bonchev–Trinajstić information content (AvgIpc) is 2.48. The highest BCUT2D eigenvalue weighted by Crippen LogP contribution is 2.29. The molecular formula is C17H24N2O. The fourth-order valence-corrected chi connectivity index (χ4v) is 3.32.